The van der Waals surface area contributed by atoms with E-state index in [1.165, 1.54) is 6.42 Å². The Balaban J connectivity index is 1.97. The van der Waals surface area contributed by atoms with E-state index in [0.717, 1.165) is 31.4 Å². The molecule has 0 aliphatic heterocycles. The van der Waals surface area contributed by atoms with Crippen molar-refractivity contribution in [3.05, 3.63) is 29.8 Å². The smallest absolute Gasteiger partial charge is 0.254 e. The minimum Gasteiger partial charge on any atom is -0.494 e. The lowest BCUT2D eigenvalue weighted by Gasteiger charge is -2.37. The van der Waals surface area contributed by atoms with Crippen molar-refractivity contribution in [3.8, 4) is 5.75 Å². The molecule has 0 radical (unpaired) electrons. The van der Waals surface area contributed by atoms with E-state index in [0.29, 0.717) is 24.8 Å². The second-order valence-electron chi connectivity index (χ2n) is 5.53. The molecular formula is C17H25NO3. The number of aliphatic hydroxyl groups excluding tert-OH is 1. The molecule has 4 heteroatoms. The Kier molecular flexibility index (Phi) is 6.05. The first-order valence-electron chi connectivity index (χ1n) is 7.91. The Morgan fingerprint density at radius 3 is 2.57 bits per heavy atom. The summed E-state index contributed by atoms with van der Waals surface area (Å²) in [4.78, 5) is 14.3. The average Bonchev–Trinajstić information content (AvgIpc) is 2.45. The van der Waals surface area contributed by atoms with Gasteiger partial charge in [-0.05, 0) is 49.9 Å². The molecule has 1 aliphatic rings. The molecular weight excluding hydrogens is 266 g/mol. The van der Waals surface area contributed by atoms with Crippen LogP contribution in [0, 0.1) is 0 Å². The first-order valence-corrected chi connectivity index (χ1v) is 7.91. The van der Waals surface area contributed by atoms with Crippen LogP contribution < -0.4 is 4.74 Å². The van der Waals surface area contributed by atoms with Gasteiger partial charge in [0.25, 0.3) is 5.91 Å². The molecule has 1 N–H and O–H groups in total. The topological polar surface area (TPSA) is 49.8 Å². The summed E-state index contributed by atoms with van der Waals surface area (Å²) >= 11 is 0. The van der Waals surface area contributed by atoms with Crippen molar-refractivity contribution in [3.63, 3.8) is 0 Å². The molecule has 116 valence electrons. The zero-order valence-electron chi connectivity index (χ0n) is 12.8. The lowest BCUT2D eigenvalue weighted by Crippen LogP contribution is -2.45. The molecule has 1 saturated carbocycles. The SMILES string of the molecule is CCCCOc1ccc(C(=O)N(CCO)C2CCC2)cc1. The molecule has 0 bridgehead atoms. The number of hydrogen-bond acceptors (Lipinski definition) is 3. The highest BCUT2D eigenvalue weighted by atomic mass is 16.5. The van der Waals surface area contributed by atoms with Gasteiger partial charge in [-0.1, -0.05) is 13.3 Å². The highest BCUT2D eigenvalue weighted by Crippen LogP contribution is 2.26. The standard InChI is InChI=1S/C17H25NO3/c1-2-3-13-21-16-9-7-14(8-10-16)17(20)18(11-12-19)15-5-4-6-15/h7-10,15,19H,2-6,11-13H2,1H3. The molecule has 0 saturated heterocycles. The van der Waals surface area contributed by atoms with Crippen LogP contribution in [0.1, 0.15) is 49.4 Å². The van der Waals surface area contributed by atoms with Crippen molar-refractivity contribution in [1.29, 1.82) is 0 Å². The number of unbranched alkanes of at least 4 members (excludes halogenated alkanes) is 1. The molecule has 1 aliphatic carbocycles. The second kappa shape index (κ2) is 8.03. The van der Waals surface area contributed by atoms with Gasteiger partial charge in [0.1, 0.15) is 5.75 Å². The maximum absolute atomic E-state index is 12.5. The van der Waals surface area contributed by atoms with Gasteiger partial charge in [-0.3, -0.25) is 4.79 Å². The first-order chi connectivity index (χ1) is 10.3. The van der Waals surface area contributed by atoms with Crippen molar-refractivity contribution >= 4 is 5.91 Å². The third kappa shape index (κ3) is 4.21. The lowest BCUT2D eigenvalue weighted by molar-refractivity contribution is 0.0526. The number of carbonyl (C=O) groups is 1. The van der Waals surface area contributed by atoms with Crippen LogP contribution in [0.2, 0.25) is 0 Å². The van der Waals surface area contributed by atoms with E-state index in [2.05, 4.69) is 6.92 Å². The predicted molar refractivity (Wildman–Crippen MR) is 82.6 cm³/mol. The molecule has 0 unspecified atom stereocenters. The van der Waals surface area contributed by atoms with Crippen LogP contribution in [0.3, 0.4) is 0 Å². The van der Waals surface area contributed by atoms with Crippen molar-refractivity contribution in [2.24, 2.45) is 0 Å². The highest BCUT2D eigenvalue weighted by molar-refractivity contribution is 5.94. The Morgan fingerprint density at radius 2 is 2.05 bits per heavy atom. The van der Waals surface area contributed by atoms with Gasteiger partial charge in [-0.15, -0.1) is 0 Å². The van der Waals surface area contributed by atoms with Gasteiger partial charge >= 0.3 is 0 Å². The van der Waals surface area contributed by atoms with E-state index in [1.807, 2.05) is 24.3 Å². The van der Waals surface area contributed by atoms with Crippen LogP contribution in [-0.2, 0) is 0 Å². The van der Waals surface area contributed by atoms with Crippen LogP contribution in [-0.4, -0.2) is 41.7 Å². The van der Waals surface area contributed by atoms with E-state index in [9.17, 15) is 4.79 Å². The van der Waals surface area contributed by atoms with E-state index >= 15 is 0 Å². The number of ether oxygens (including phenoxy) is 1. The molecule has 0 aromatic heterocycles. The molecule has 0 atom stereocenters. The molecule has 1 fully saturated rings. The number of benzene rings is 1. The van der Waals surface area contributed by atoms with Crippen molar-refractivity contribution in [1.82, 2.24) is 4.90 Å². The minimum absolute atomic E-state index is 0.00820. The molecule has 2 rings (SSSR count). The van der Waals surface area contributed by atoms with Crippen molar-refractivity contribution in [2.75, 3.05) is 19.8 Å². The minimum atomic E-state index is 0.00820. The molecule has 4 nitrogen and oxygen atoms in total. The fourth-order valence-corrected chi connectivity index (χ4v) is 2.45. The Bertz CT molecular complexity index is 440. The van der Waals surface area contributed by atoms with Gasteiger partial charge in [0.2, 0.25) is 0 Å². The number of nitrogens with zero attached hydrogens (tertiary/aromatic N) is 1. The molecule has 1 aromatic rings. The maximum atomic E-state index is 12.5. The van der Waals surface area contributed by atoms with Gasteiger partial charge < -0.3 is 14.7 Å². The summed E-state index contributed by atoms with van der Waals surface area (Å²) in [5.41, 5.74) is 0.665. The van der Waals surface area contributed by atoms with E-state index in [1.54, 1.807) is 4.90 Å². The van der Waals surface area contributed by atoms with E-state index < -0.39 is 0 Å². The molecule has 21 heavy (non-hydrogen) atoms. The summed E-state index contributed by atoms with van der Waals surface area (Å²) in [6, 6.07) is 7.62. The number of amides is 1. The fraction of sp³-hybridized carbons (Fsp3) is 0.588. The van der Waals surface area contributed by atoms with Crippen LogP contribution in [0.15, 0.2) is 24.3 Å². The van der Waals surface area contributed by atoms with Crippen LogP contribution >= 0.6 is 0 Å². The summed E-state index contributed by atoms with van der Waals surface area (Å²) in [5, 5.41) is 9.15. The van der Waals surface area contributed by atoms with Crippen molar-refractivity contribution in [2.45, 2.75) is 45.1 Å². The fourth-order valence-electron chi connectivity index (χ4n) is 2.45. The van der Waals surface area contributed by atoms with Crippen LogP contribution in [0.4, 0.5) is 0 Å². The van der Waals surface area contributed by atoms with Crippen molar-refractivity contribution < 1.29 is 14.6 Å². The second-order valence-corrected chi connectivity index (χ2v) is 5.53. The third-order valence-corrected chi connectivity index (χ3v) is 3.99. The summed E-state index contributed by atoms with van der Waals surface area (Å²) in [6.07, 6.45) is 5.40. The molecule has 0 heterocycles. The number of aliphatic hydroxyl groups is 1. The zero-order valence-corrected chi connectivity index (χ0v) is 12.8. The molecule has 0 spiro atoms. The number of carbonyl (C=O) groups excluding carboxylic acids is 1. The number of hydrogen-bond donors (Lipinski definition) is 1. The average molecular weight is 291 g/mol. The first kappa shape index (κ1) is 15.8. The van der Waals surface area contributed by atoms with Gasteiger partial charge in [0.05, 0.1) is 13.2 Å². The Morgan fingerprint density at radius 1 is 1.33 bits per heavy atom. The predicted octanol–water partition coefficient (Wildman–Crippen LogP) is 2.85. The summed E-state index contributed by atoms with van der Waals surface area (Å²) in [6.45, 7) is 3.27. The van der Waals surface area contributed by atoms with Crippen LogP contribution in [0.25, 0.3) is 0 Å². The van der Waals surface area contributed by atoms with E-state index in [-0.39, 0.29) is 12.5 Å². The lowest BCUT2D eigenvalue weighted by atomic mass is 9.91. The summed E-state index contributed by atoms with van der Waals surface area (Å²) < 4.78 is 5.60. The quantitative estimate of drug-likeness (QED) is 0.749. The molecule has 1 amide bonds. The summed E-state index contributed by atoms with van der Waals surface area (Å²) in [5.74, 6) is 0.811. The Hall–Kier alpha value is -1.55. The largest absolute Gasteiger partial charge is 0.494 e. The third-order valence-electron chi connectivity index (χ3n) is 3.99. The summed E-state index contributed by atoms with van der Waals surface area (Å²) in [7, 11) is 0. The maximum Gasteiger partial charge on any atom is 0.254 e. The normalized spacial score (nSPS) is 14.6. The monoisotopic (exact) mass is 291 g/mol. The van der Waals surface area contributed by atoms with Gasteiger partial charge in [0.15, 0.2) is 0 Å². The van der Waals surface area contributed by atoms with E-state index in [4.69, 9.17) is 9.84 Å². The van der Waals surface area contributed by atoms with Gasteiger partial charge in [-0.25, -0.2) is 0 Å². The Labute approximate surface area is 126 Å². The van der Waals surface area contributed by atoms with Crippen LogP contribution in [0.5, 0.6) is 5.75 Å². The number of rotatable bonds is 8. The van der Waals surface area contributed by atoms with Gasteiger partial charge in [0, 0.05) is 18.2 Å². The molecule has 1 aromatic carbocycles. The van der Waals surface area contributed by atoms with Gasteiger partial charge in [-0.2, -0.15) is 0 Å². The highest BCUT2D eigenvalue weighted by Gasteiger charge is 2.28. The zero-order chi connectivity index (χ0) is 15.1.